The second kappa shape index (κ2) is 7.43. The van der Waals surface area contributed by atoms with Crippen LogP contribution in [0.1, 0.15) is 5.56 Å². The zero-order valence-electron chi connectivity index (χ0n) is 14.4. The number of fused-ring (bicyclic) bond motifs is 1. The number of nitrogens with zero attached hydrogens (tertiary/aromatic N) is 2. The van der Waals surface area contributed by atoms with E-state index in [9.17, 15) is 5.11 Å². The van der Waals surface area contributed by atoms with E-state index in [2.05, 4.69) is 5.32 Å². The van der Waals surface area contributed by atoms with Gasteiger partial charge >= 0.3 is 0 Å². The Hall–Kier alpha value is -3.44. The van der Waals surface area contributed by atoms with Crippen LogP contribution in [0.2, 0.25) is 0 Å². The van der Waals surface area contributed by atoms with Crippen LogP contribution in [0.25, 0.3) is 17.0 Å². The second-order valence-electron chi connectivity index (χ2n) is 6.04. The highest BCUT2D eigenvalue weighted by molar-refractivity contribution is 7.81. The maximum atomic E-state index is 13.3. The number of hydrogen-bond acceptors (Lipinski definition) is 2. The molecule has 2 aromatic carbocycles. The number of thiocarbonyl (C=S) groups is 1. The Morgan fingerprint density at radius 3 is 2.33 bits per heavy atom. The number of nitrogens with one attached hydrogen (secondary N) is 1. The molecule has 0 atom stereocenters. The van der Waals surface area contributed by atoms with E-state index in [0.717, 1.165) is 11.2 Å². The van der Waals surface area contributed by atoms with Crippen molar-refractivity contribution in [3.63, 3.8) is 0 Å². The fourth-order valence-electron chi connectivity index (χ4n) is 2.90. The normalized spacial score (nSPS) is 11.9. The summed E-state index contributed by atoms with van der Waals surface area (Å²) in [6.45, 7) is 0. The fourth-order valence-corrected chi connectivity index (χ4v) is 3.21. The SMILES string of the molecule is [O-]/C(=C(\C(=S)Nc1ccccc1)[n+]1ccn2cccc2c1)c1ccccc1. The van der Waals surface area contributed by atoms with Gasteiger partial charge in [-0.2, -0.15) is 4.57 Å². The van der Waals surface area contributed by atoms with Crippen LogP contribution in [0.3, 0.4) is 0 Å². The molecule has 27 heavy (non-hydrogen) atoms. The third kappa shape index (κ3) is 3.59. The van der Waals surface area contributed by atoms with Crippen LogP contribution in [-0.4, -0.2) is 9.39 Å². The Balaban J connectivity index is 1.83. The van der Waals surface area contributed by atoms with E-state index < -0.39 is 0 Å². The molecule has 0 radical (unpaired) electrons. The van der Waals surface area contributed by atoms with E-state index in [1.165, 1.54) is 0 Å². The average Bonchev–Trinajstić information content (AvgIpc) is 3.17. The maximum absolute atomic E-state index is 13.3. The van der Waals surface area contributed by atoms with Gasteiger partial charge in [-0.05, 0) is 35.6 Å². The molecule has 1 N–H and O–H groups in total. The summed E-state index contributed by atoms with van der Waals surface area (Å²) in [6, 6.07) is 22.7. The number of anilines is 1. The summed E-state index contributed by atoms with van der Waals surface area (Å²) < 4.78 is 3.76. The van der Waals surface area contributed by atoms with Crippen molar-refractivity contribution in [1.82, 2.24) is 4.40 Å². The molecule has 4 rings (SSSR count). The van der Waals surface area contributed by atoms with Crippen LogP contribution in [0.5, 0.6) is 0 Å². The lowest BCUT2D eigenvalue weighted by atomic mass is 10.1. The van der Waals surface area contributed by atoms with Crippen molar-refractivity contribution in [1.29, 1.82) is 0 Å². The molecule has 0 unspecified atom stereocenters. The van der Waals surface area contributed by atoms with Crippen molar-refractivity contribution in [2.24, 2.45) is 0 Å². The van der Waals surface area contributed by atoms with Gasteiger partial charge in [0.2, 0.25) is 5.70 Å². The Kier molecular flexibility index (Phi) is 4.68. The van der Waals surface area contributed by atoms with Gasteiger partial charge in [-0.25, -0.2) is 0 Å². The zero-order chi connectivity index (χ0) is 18.6. The van der Waals surface area contributed by atoms with Crippen molar-refractivity contribution < 1.29 is 9.67 Å². The van der Waals surface area contributed by atoms with Gasteiger partial charge in [0.25, 0.3) is 0 Å². The number of para-hydroxylation sites is 1. The van der Waals surface area contributed by atoms with Crippen LogP contribution < -0.4 is 15.0 Å². The van der Waals surface area contributed by atoms with Crippen molar-refractivity contribution in [3.05, 3.63) is 103 Å². The summed E-state index contributed by atoms with van der Waals surface area (Å²) in [6.07, 6.45) is 7.59. The molecule has 0 aliphatic rings. The molecular weight excluding hydrogens is 354 g/mol. The zero-order valence-corrected chi connectivity index (χ0v) is 15.3. The standard InChI is InChI=1S/C22H17N3OS/c26-21(17-8-3-1-4-9-17)20(22(27)23-18-10-5-2-6-11-18)25-15-14-24-13-7-12-19(24)16-25/h1-16H,(H-,23,26,27). The molecule has 0 saturated carbocycles. The topological polar surface area (TPSA) is 43.4 Å². The molecule has 5 heteroatoms. The molecule has 0 bridgehead atoms. The predicted molar refractivity (Wildman–Crippen MR) is 110 cm³/mol. The minimum absolute atomic E-state index is 0.134. The van der Waals surface area contributed by atoms with Crippen LogP contribution >= 0.6 is 12.2 Å². The number of hydrogen-bond donors (Lipinski definition) is 1. The molecule has 4 aromatic rings. The van der Waals surface area contributed by atoms with Gasteiger partial charge in [0.05, 0.1) is 6.20 Å². The summed E-state index contributed by atoms with van der Waals surface area (Å²) in [5.41, 5.74) is 2.81. The molecule has 0 fully saturated rings. The highest BCUT2D eigenvalue weighted by atomic mass is 32.1. The summed E-state index contributed by atoms with van der Waals surface area (Å²) in [5.74, 6) is -0.134. The van der Waals surface area contributed by atoms with Gasteiger partial charge in [0, 0.05) is 11.9 Å². The first-order chi connectivity index (χ1) is 13.2. The molecular formula is C22H17N3OS. The van der Waals surface area contributed by atoms with E-state index in [1.54, 1.807) is 16.7 Å². The minimum atomic E-state index is -0.134. The first-order valence-corrected chi connectivity index (χ1v) is 8.95. The van der Waals surface area contributed by atoms with E-state index >= 15 is 0 Å². The highest BCUT2D eigenvalue weighted by Crippen LogP contribution is 2.17. The fraction of sp³-hybridized carbons (Fsp3) is 0. The molecule has 2 aromatic heterocycles. The van der Waals surface area contributed by atoms with E-state index in [0.29, 0.717) is 16.2 Å². The van der Waals surface area contributed by atoms with Gasteiger partial charge in [0.15, 0.2) is 17.4 Å². The molecule has 2 heterocycles. The molecule has 132 valence electrons. The van der Waals surface area contributed by atoms with E-state index in [-0.39, 0.29) is 5.76 Å². The van der Waals surface area contributed by atoms with Gasteiger partial charge in [-0.3, -0.25) is 0 Å². The lowest BCUT2D eigenvalue weighted by Gasteiger charge is -2.17. The van der Waals surface area contributed by atoms with Crippen molar-refractivity contribution in [2.45, 2.75) is 0 Å². The van der Waals surface area contributed by atoms with Crippen LogP contribution in [0, 0.1) is 0 Å². The summed E-state index contributed by atoms with van der Waals surface area (Å²) in [5, 5.41) is 16.4. The van der Waals surface area contributed by atoms with E-state index in [4.69, 9.17) is 12.2 Å². The first-order valence-electron chi connectivity index (χ1n) is 8.54. The summed E-state index contributed by atoms with van der Waals surface area (Å²) in [7, 11) is 0. The molecule has 0 saturated heterocycles. The van der Waals surface area contributed by atoms with E-state index in [1.807, 2.05) is 89.9 Å². The monoisotopic (exact) mass is 371 g/mol. The van der Waals surface area contributed by atoms with Crippen molar-refractivity contribution in [2.75, 3.05) is 5.32 Å². The number of aromatic nitrogens is 2. The van der Waals surface area contributed by atoms with Gasteiger partial charge in [0.1, 0.15) is 5.52 Å². The van der Waals surface area contributed by atoms with Crippen molar-refractivity contribution >= 4 is 39.9 Å². The molecule has 0 aliphatic heterocycles. The Labute approximate surface area is 162 Å². The number of rotatable bonds is 4. The second-order valence-corrected chi connectivity index (χ2v) is 6.45. The smallest absolute Gasteiger partial charge is 0.238 e. The molecule has 0 spiro atoms. The summed E-state index contributed by atoms with van der Waals surface area (Å²) >= 11 is 5.62. The Morgan fingerprint density at radius 1 is 0.889 bits per heavy atom. The summed E-state index contributed by atoms with van der Waals surface area (Å²) in [4.78, 5) is 0.371. The third-order valence-electron chi connectivity index (χ3n) is 4.23. The Morgan fingerprint density at radius 2 is 1.59 bits per heavy atom. The Bertz CT molecular complexity index is 1120. The molecule has 4 nitrogen and oxygen atoms in total. The quantitative estimate of drug-likeness (QED) is 0.259. The van der Waals surface area contributed by atoms with Crippen LogP contribution in [0.4, 0.5) is 5.69 Å². The highest BCUT2D eigenvalue weighted by Gasteiger charge is 2.19. The average molecular weight is 371 g/mol. The van der Waals surface area contributed by atoms with Gasteiger partial charge < -0.3 is 14.8 Å². The van der Waals surface area contributed by atoms with Crippen molar-refractivity contribution in [3.8, 4) is 0 Å². The van der Waals surface area contributed by atoms with Crippen LogP contribution in [-0.2, 0) is 0 Å². The lowest BCUT2D eigenvalue weighted by molar-refractivity contribution is -0.577. The van der Waals surface area contributed by atoms with Gasteiger partial charge in [-0.1, -0.05) is 60.7 Å². The maximum Gasteiger partial charge on any atom is 0.238 e. The largest absolute Gasteiger partial charge is 0.867 e. The first kappa shape index (κ1) is 17.0. The molecule has 0 amide bonds. The molecule has 0 aliphatic carbocycles. The predicted octanol–water partition coefficient (Wildman–Crippen LogP) is 3.35. The van der Waals surface area contributed by atoms with Gasteiger partial charge in [-0.15, -0.1) is 0 Å². The minimum Gasteiger partial charge on any atom is -0.867 e. The van der Waals surface area contributed by atoms with Crippen LogP contribution in [0.15, 0.2) is 97.6 Å². The number of benzene rings is 2. The third-order valence-corrected chi connectivity index (χ3v) is 4.52. The lowest BCUT2D eigenvalue weighted by Crippen LogP contribution is -2.40.